The van der Waals surface area contributed by atoms with E-state index in [9.17, 15) is 13.6 Å². The average molecular weight is 272 g/mol. The summed E-state index contributed by atoms with van der Waals surface area (Å²) in [5, 5.41) is 8.58. The summed E-state index contributed by atoms with van der Waals surface area (Å²) in [5.41, 5.74) is 0.816. The molecule has 2 rings (SSSR count). The van der Waals surface area contributed by atoms with E-state index in [4.69, 9.17) is 14.6 Å². The molecule has 1 fully saturated rings. The Labute approximate surface area is 108 Å². The number of hydrogen-bond donors (Lipinski definition) is 1. The molecule has 0 aliphatic heterocycles. The van der Waals surface area contributed by atoms with E-state index in [1.807, 2.05) is 0 Å². The second-order valence-corrected chi connectivity index (χ2v) is 4.46. The summed E-state index contributed by atoms with van der Waals surface area (Å²) < 4.78 is 36.3. The zero-order chi connectivity index (χ0) is 14.0. The molecule has 0 radical (unpaired) electrons. The Kier molecular flexibility index (Phi) is 3.71. The standard InChI is InChI=1S/C13H14F2O4/c1-18-9-4-2-8(3-5-9)6-19-7-10-11(12(16)17)13(10,14)15/h2-5,10-11H,6-7H2,1H3,(H,16,17)/t10-,11+/m1/s1. The van der Waals surface area contributed by atoms with Gasteiger partial charge in [-0.1, -0.05) is 12.1 Å². The fourth-order valence-corrected chi connectivity index (χ4v) is 1.96. The maximum Gasteiger partial charge on any atom is 0.313 e. The van der Waals surface area contributed by atoms with E-state index in [-0.39, 0.29) is 13.2 Å². The zero-order valence-electron chi connectivity index (χ0n) is 10.3. The number of ether oxygens (including phenoxy) is 2. The van der Waals surface area contributed by atoms with Gasteiger partial charge in [-0.3, -0.25) is 4.79 Å². The number of halogens is 2. The fourth-order valence-electron chi connectivity index (χ4n) is 1.96. The van der Waals surface area contributed by atoms with Gasteiger partial charge in [0.25, 0.3) is 5.92 Å². The third-order valence-corrected chi connectivity index (χ3v) is 3.19. The largest absolute Gasteiger partial charge is 0.497 e. The van der Waals surface area contributed by atoms with Gasteiger partial charge in [0.2, 0.25) is 0 Å². The molecule has 104 valence electrons. The molecule has 4 nitrogen and oxygen atoms in total. The van der Waals surface area contributed by atoms with Crippen LogP contribution in [-0.4, -0.2) is 30.7 Å². The minimum atomic E-state index is -3.15. The number of carboxylic acids is 1. The van der Waals surface area contributed by atoms with Crippen molar-refractivity contribution in [1.82, 2.24) is 0 Å². The predicted octanol–water partition coefficient (Wildman–Crippen LogP) is 2.18. The summed E-state index contributed by atoms with van der Waals surface area (Å²) in [4.78, 5) is 10.5. The molecule has 0 amide bonds. The molecule has 0 aromatic heterocycles. The van der Waals surface area contributed by atoms with Gasteiger partial charge in [-0.25, -0.2) is 8.78 Å². The van der Waals surface area contributed by atoms with Gasteiger partial charge in [0.1, 0.15) is 11.7 Å². The van der Waals surface area contributed by atoms with Crippen LogP contribution in [0.4, 0.5) is 8.78 Å². The molecule has 0 spiro atoms. The number of alkyl halides is 2. The number of carboxylic acid groups (broad SMARTS) is 1. The first-order valence-corrected chi connectivity index (χ1v) is 5.78. The van der Waals surface area contributed by atoms with Crippen LogP contribution in [0.15, 0.2) is 24.3 Å². The van der Waals surface area contributed by atoms with E-state index in [0.29, 0.717) is 5.75 Å². The molecule has 2 atom stereocenters. The van der Waals surface area contributed by atoms with Crippen molar-refractivity contribution in [2.45, 2.75) is 12.5 Å². The summed E-state index contributed by atoms with van der Waals surface area (Å²) in [6, 6.07) is 7.01. The highest BCUT2D eigenvalue weighted by atomic mass is 19.3. The van der Waals surface area contributed by atoms with Crippen molar-refractivity contribution in [3.8, 4) is 5.75 Å². The summed E-state index contributed by atoms with van der Waals surface area (Å²) in [6.07, 6.45) is 0. The third kappa shape index (κ3) is 2.84. The highest BCUT2D eigenvalue weighted by Crippen LogP contribution is 2.55. The van der Waals surface area contributed by atoms with Crippen LogP contribution in [0.2, 0.25) is 0 Å². The van der Waals surface area contributed by atoms with Crippen molar-refractivity contribution in [2.24, 2.45) is 11.8 Å². The van der Waals surface area contributed by atoms with Crippen LogP contribution >= 0.6 is 0 Å². The normalized spacial score (nSPS) is 23.9. The highest BCUT2D eigenvalue weighted by molar-refractivity contribution is 5.76. The summed E-state index contributed by atoms with van der Waals surface area (Å²) >= 11 is 0. The molecule has 6 heteroatoms. The lowest BCUT2D eigenvalue weighted by molar-refractivity contribution is -0.141. The number of rotatable bonds is 6. The molecule has 0 bridgehead atoms. The molecule has 1 aromatic rings. The van der Waals surface area contributed by atoms with Crippen LogP contribution in [0.3, 0.4) is 0 Å². The Bertz CT molecular complexity index is 458. The lowest BCUT2D eigenvalue weighted by Crippen LogP contribution is -2.05. The third-order valence-electron chi connectivity index (χ3n) is 3.19. The van der Waals surface area contributed by atoms with Gasteiger partial charge in [-0.15, -0.1) is 0 Å². The maximum atomic E-state index is 13.1. The van der Waals surface area contributed by atoms with E-state index < -0.39 is 23.7 Å². The second-order valence-electron chi connectivity index (χ2n) is 4.46. The molecule has 1 aliphatic rings. The summed E-state index contributed by atoms with van der Waals surface area (Å²) in [5.74, 6) is -6.75. The first kappa shape index (κ1) is 13.7. The molecule has 19 heavy (non-hydrogen) atoms. The molecule has 0 heterocycles. The van der Waals surface area contributed by atoms with Crippen molar-refractivity contribution in [3.05, 3.63) is 29.8 Å². The second kappa shape index (κ2) is 5.13. The summed E-state index contributed by atoms with van der Waals surface area (Å²) in [6.45, 7) is -0.0844. The molecule has 1 aromatic carbocycles. The van der Waals surface area contributed by atoms with Crippen molar-refractivity contribution in [3.63, 3.8) is 0 Å². The van der Waals surface area contributed by atoms with Gasteiger partial charge in [0.05, 0.1) is 26.2 Å². The lowest BCUT2D eigenvalue weighted by Gasteiger charge is -2.05. The van der Waals surface area contributed by atoms with E-state index in [0.717, 1.165) is 5.56 Å². The first-order valence-electron chi connectivity index (χ1n) is 5.78. The fraction of sp³-hybridized carbons (Fsp3) is 0.462. The summed E-state index contributed by atoms with van der Waals surface area (Å²) in [7, 11) is 1.55. The van der Waals surface area contributed by atoms with Gasteiger partial charge >= 0.3 is 5.97 Å². The van der Waals surface area contributed by atoms with Crippen LogP contribution in [0.5, 0.6) is 5.75 Å². The number of methoxy groups -OCH3 is 1. The molecular weight excluding hydrogens is 258 g/mol. The highest BCUT2D eigenvalue weighted by Gasteiger charge is 2.72. The van der Waals surface area contributed by atoms with Crippen molar-refractivity contribution >= 4 is 5.97 Å². The van der Waals surface area contributed by atoms with Crippen LogP contribution in [-0.2, 0) is 16.1 Å². The van der Waals surface area contributed by atoms with E-state index in [1.54, 1.807) is 31.4 Å². The molecular formula is C13H14F2O4. The average Bonchev–Trinajstić information content (AvgIpc) is 2.92. The van der Waals surface area contributed by atoms with E-state index in [2.05, 4.69) is 0 Å². The van der Waals surface area contributed by atoms with Gasteiger partial charge in [-0.2, -0.15) is 0 Å². The zero-order valence-corrected chi connectivity index (χ0v) is 10.3. The van der Waals surface area contributed by atoms with Gasteiger partial charge in [-0.05, 0) is 17.7 Å². The van der Waals surface area contributed by atoms with Crippen LogP contribution in [0, 0.1) is 11.8 Å². The number of aliphatic carboxylic acids is 1. The van der Waals surface area contributed by atoms with Crippen LogP contribution in [0.1, 0.15) is 5.56 Å². The molecule has 0 saturated heterocycles. The molecule has 0 unspecified atom stereocenters. The molecule has 1 saturated carbocycles. The Morgan fingerprint density at radius 1 is 1.37 bits per heavy atom. The maximum absolute atomic E-state index is 13.1. The van der Waals surface area contributed by atoms with Crippen LogP contribution in [0.25, 0.3) is 0 Å². The minimum Gasteiger partial charge on any atom is -0.497 e. The molecule has 1 aliphatic carbocycles. The monoisotopic (exact) mass is 272 g/mol. The Hall–Kier alpha value is -1.69. The minimum absolute atomic E-state index is 0.170. The van der Waals surface area contributed by atoms with Crippen molar-refractivity contribution in [1.29, 1.82) is 0 Å². The van der Waals surface area contributed by atoms with Gasteiger partial charge in [0.15, 0.2) is 0 Å². The Morgan fingerprint density at radius 3 is 2.47 bits per heavy atom. The van der Waals surface area contributed by atoms with Gasteiger partial charge in [0, 0.05) is 0 Å². The SMILES string of the molecule is COc1ccc(COC[C@@H]2[C@@H](C(=O)O)C2(F)F)cc1. The predicted molar refractivity (Wildman–Crippen MR) is 62.2 cm³/mol. The Morgan fingerprint density at radius 2 is 2.00 bits per heavy atom. The van der Waals surface area contributed by atoms with Crippen LogP contribution < -0.4 is 4.74 Å². The number of hydrogen-bond acceptors (Lipinski definition) is 3. The number of benzene rings is 1. The number of carbonyl (C=O) groups is 1. The van der Waals surface area contributed by atoms with Crippen molar-refractivity contribution < 1.29 is 28.2 Å². The Balaban J connectivity index is 1.79. The molecule has 1 N–H and O–H groups in total. The van der Waals surface area contributed by atoms with Gasteiger partial charge < -0.3 is 14.6 Å². The van der Waals surface area contributed by atoms with E-state index in [1.165, 1.54) is 0 Å². The first-order chi connectivity index (χ1) is 8.96. The quantitative estimate of drug-likeness (QED) is 0.862. The lowest BCUT2D eigenvalue weighted by atomic mass is 10.2. The van der Waals surface area contributed by atoms with Crippen molar-refractivity contribution in [2.75, 3.05) is 13.7 Å². The topological polar surface area (TPSA) is 55.8 Å². The smallest absolute Gasteiger partial charge is 0.313 e. The van der Waals surface area contributed by atoms with E-state index >= 15 is 0 Å².